The van der Waals surface area contributed by atoms with Gasteiger partial charge in [0.1, 0.15) is 5.69 Å². The molecule has 212 valence electrons. The lowest BCUT2D eigenvalue weighted by Crippen LogP contribution is -2.03. The molecule has 0 saturated carbocycles. The highest BCUT2D eigenvalue weighted by Gasteiger charge is 2.17. The van der Waals surface area contributed by atoms with Crippen molar-refractivity contribution in [3.63, 3.8) is 0 Å². The fourth-order valence-corrected chi connectivity index (χ4v) is 3.97. The monoisotopic (exact) mass is 553 g/mol. The summed E-state index contributed by atoms with van der Waals surface area (Å²) in [5.41, 5.74) is 1.84. The van der Waals surface area contributed by atoms with Crippen molar-refractivity contribution < 1.29 is 42.3 Å². The maximum atomic E-state index is 14.9. The van der Waals surface area contributed by atoms with Gasteiger partial charge in [0.25, 0.3) is 0 Å². The molecule has 0 aliphatic heterocycles. The molecular weight excluding hydrogens is 521 g/mol. The minimum atomic E-state index is -0.599. The number of Topliss-reactive ketones (excluding diaryl/α,β-unsaturated/α-hetero) is 1. The first-order chi connectivity index (χ1) is 19.3. The van der Waals surface area contributed by atoms with E-state index in [2.05, 4.69) is 4.99 Å². The number of benzene rings is 3. The van der Waals surface area contributed by atoms with Crippen LogP contribution in [-0.2, 0) is 0 Å². The predicted molar refractivity (Wildman–Crippen MR) is 151 cm³/mol. The Morgan fingerprint density at radius 3 is 1.55 bits per heavy atom. The molecule has 0 fully saturated rings. The van der Waals surface area contributed by atoms with Gasteiger partial charge in [0.2, 0.25) is 11.5 Å². The fourth-order valence-electron chi connectivity index (χ4n) is 3.97. The van der Waals surface area contributed by atoms with E-state index in [1.54, 1.807) is 42.5 Å². The number of halogens is 1. The lowest BCUT2D eigenvalue weighted by molar-refractivity contribution is 0.100. The summed E-state index contributed by atoms with van der Waals surface area (Å²) in [6, 6.07) is 9.64. The van der Waals surface area contributed by atoms with E-state index < -0.39 is 5.82 Å². The molecule has 40 heavy (non-hydrogen) atoms. The molecule has 0 aliphatic rings. The predicted octanol–water partition coefficient (Wildman–Crippen LogP) is 6.03. The van der Waals surface area contributed by atoms with Gasteiger partial charge >= 0.3 is 0 Å². The van der Waals surface area contributed by atoms with Crippen LogP contribution in [0.5, 0.6) is 40.2 Å². The number of carbonyl (C=O) groups excluding carboxylic acids is 1. The summed E-state index contributed by atoms with van der Waals surface area (Å²) < 4.78 is 52.2. The van der Waals surface area contributed by atoms with Crippen molar-refractivity contribution >= 4 is 29.8 Å². The average molecular weight is 554 g/mol. The molecule has 0 heterocycles. The molecule has 0 aliphatic carbocycles. The Morgan fingerprint density at radius 2 is 1.10 bits per heavy atom. The van der Waals surface area contributed by atoms with Gasteiger partial charge in [-0.2, -0.15) is 0 Å². The SMILES string of the molecule is COc1cc(/C=C\c2cc(F)c(OC)c(N=CCC(=O)c3cc(OC)c(OC)c(OC)c3)c2)cc(OC)c1OC. The standard InChI is InChI=1S/C30H32FNO8/c1-34-24-14-19(15-25(35-2)29(24)39-6)9-8-18-12-21(31)28(38-5)22(13-18)32-11-10-23(33)20-16-26(36-3)30(40-7)27(17-20)37-4/h8-9,11-17H,10H2,1-7H3/b9-8-,32-11?. The molecule has 3 rings (SSSR count). The number of methoxy groups -OCH3 is 7. The summed E-state index contributed by atoms with van der Waals surface area (Å²) in [4.78, 5) is 17.2. The Balaban J connectivity index is 1.87. The molecule has 9 nitrogen and oxygen atoms in total. The number of hydrogen-bond acceptors (Lipinski definition) is 9. The zero-order valence-electron chi connectivity index (χ0n) is 23.5. The Kier molecular flexibility index (Phi) is 10.4. The maximum absolute atomic E-state index is 14.9. The highest BCUT2D eigenvalue weighted by molar-refractivity contribution is 6.04. The van der Waals surface area contributed by atoms with Crippen molar-refractivity contribution in [1.82, 2.24) is 0 Å². The minimum absolute atomic E-state index is 0.0404. The summed E-state index contributed by atoms with van der Waals surface area (Å²) in [6.07, 6.45) is 4.82. The van der Waals surface area contributed by atoms with Crippen LogP contribution in [0.15, 0.2) is 41.4 Å². The van der Waals surface area contributed by atoms with E-state index in [1.807, 2.05) is 0 Å². The fraction of sp³-hybridized carbons (Fsp3) is 0.267. The smallest absolute Gasteiger partial charge is 0.203 e. The van der Waals surface area contributed by atoms with E-state index in [-0.39, 0.29) is 23.6 Å². The van der Waals surface area contributed by atoms with E-state index in [0.717, 1.165) is 5.56 Å². The number of carbonyl (C=O) groups is 1. The van der Waals surface area contributed by atoms with Crippen LogP contribution >= 0.6 is 0 Å². The van der Waals surface area contributed by atoms with Gasteiger partial charge < -0.3 is 33.2 Å². The molecule has 0 amide bonds. The Hall–Kier alpha value is -4.73. The summed E-state index contributed by atoms with van der Waals surface area (Å²) >= 11 is 0. The number of hydrogen-bond donors (Lipinski definition) is 0. The van der Waals surface area contributed by atoms with Gasteiger partial charge in [-0.05, 0) is 47.5 Å². The van der Waals surface area contributed by atoms with Crippen LogP contribution in [0.1, 0.15) is 27.9 Å². The third-order valence-corrected chi connectivity index (χ3v) is 5.90. The van der Waals surface area contributed by atoms with E-state index in [0.29, 0.717) is 45.6 Å². The summed E-state index contributed by atoms with van der Waals surface area (Å²) in [5.74, 6) is 1.66. The molecule has 0 unspecified atom stereocenters. The first kappa shape index (κ1) is 29.8. The molecule has 0 spiro atoms. The van der Waals surface area contributed by atoms with E-state index in [9.17, 15) is 9.18 Å². The molecule has 0 saturated heterocycles. The quantitative estimate of drug-likeness (QED) is 0.144. The van der Waals surface area contributed by atoms with E-state index in [4.69, 9.17) is 33.2 Å². The van der Waals surface area contributed by atoms with E-state index >= 15 is 0 Å². The molecule has 10 heteroatoms. The van der Waals surface area contributed by atoms with Crippen LogP contribution in [0, 0.1) is 5.82 Å². The van der Waals surface area contributed by atoms with Crippen LogP contribution in [0.3, 0.4) is 0 Å². The highest BCUT2D eigenvalue weighted by Crippen LogP contribution is 2.40. The largest absolute Gasteiger partial charge is 0.493 e. The Bertz CT molecular complexity index is 1370. The molecule has 3 aromatic rings. The van der Waals surface area contributed by atoms with Crippen molar-refractivity contribution in [1.29, 1.82) is 0 Å². The van der Waals surface area contributed by atoms with Crippen LogP contribution in [0.4, 0.5) is 10.1 Å². The highest BCUT2D eigenvalue weighted by atomic mass is 19.1. The van der Waals surface area contributed by atoms with Crippen molar-refractivity contribution in [2.24, 2.45) is 4.99 Å². The number of rotatable bonds is 13. The van der Waals surface area contributed by atoms with Crippen molar-refractivity contribution in [3.05, 3.63) is 58.9 Å². The third kappa shape index (κ3) is 6.63. The molecule has 0 radical (unpaired) electrons. The maximum Gasteiger partial charge on any atom is 0.203 e. The van der Waals surface area contributed by atoms with Crippen LogP contribution in [0.25, 0.3) is 12.2 Å². The summed E-state index contributed by atoms with van der Waals surface area (Å²) in [6.45, 7) is 0. The second kappa shape index (κ2) is 13.9. The molecule has 0 atom stereocenters. The van der Waals surface area contributed by atoms with Gasteiger partial charge in [-0.1, -0.05) is 12.2 Å². The Morgan fingerprint density at radius 1 is 0.650 bits per heavy atom. The van der Waals surface area contributed by atoms with Crippen LogP contribution < -0.4 is 33.2 Å². The van der Waals surface area contributed by atoms with Crippen molar-refractivity contribution in [2.75, 3.05) is 49.8 Å². The van der Waals surface area contributed by atoms with Gasteiger partial charge in [-0.15, -0.1) is 0 Å². The lowest BCUT2D eigenvalue weighted by atomic mass is 10.1. The zero-order valence-corrected chi connectivity index (χ0v) is 23.5. The van der Waals surface area contributed by atoms with Gasteiger partial charge in [0, 0.05) is 18.2 Å². The second-order valence-electron chi connectivity index (χ2n) is 8.20. The number of ketones is 1. The van der Waals surface area contributed by atoms with Gasteiger partial charge in [-0.3, -0.25) is 9.79 Å². The second-order valence-corrected chi connectivity index (χ2v) is 8.20. The summed E-state index contributed by atoms with van der Waals surface area (Å²) in [5, 5.41) is 0. The molecule has 3 aromatic carbocycles. The van der Waals surface area contributed by atoms with Gasteiger partial charge in [-0.25, -0.2) is 4.39 Å². The third-order valence-electron chi connectivity index (χ3n) is 5.90. The van der Waals surface area contributed by atoms with Crippen molar-refractivity contribution in [3.8, 4) is 40.2 Å². The molecular formula is C30H32FNO8. The zero-order chi connectivity index (χ0) is 29.2. The van der Waals surface area contributed by atoms with Crippen LogP contribution in [-0.4, -0.2) is 61.8 Å². The number of aliphatic imine (C=N–C) groups is 1. The number of ether oxygens (including phenoxy) is 7. The van der Waals surface area contributed by atoms with Crippen LogP contribution in [0.2, 0.25) is 0 Å². The first-order valence-corrected chi connectivity index (χ1v) is 12.0. The molecule has 0 N–H and O–H groups in total. The summed E-state index contributed by atoms with van der Waals surface area (Å²) in [7, 11) is 10.4. The van der Waals surface area contributed by atoms with Crippen molar-refractivity contribution in [2.45, 2.75) is 6.42 Å². The van der Waals surface area contributed by atoms with Gasteiger partial charge in [0.05, 0.1) is 49.8 Å². The minimum Gasteiger partial charge on any atom is -0.493 e. The Labute approximate surface area is 232 Å². The lowest BCUT2D eigenvalue weighted by Gasteiger charge is -2.13. The topological polar surface area (TPSA) is 94.0 Å². The normalized spacial score (nSPS) is 11.0. The average Bonchev–Trinajstić information content (AvgIpc) is 2.98. The van der Waals surface area contributed by atoms with E-state index in [1.165, 1.54) is 62.0 Å². The molecule has 0 aromatic heterocycles. The first-order valence-electron chi connectivity index (χ1n) is 12.0. The molecule has 0 bridgehead atoms. The van der Waals surface area contributed by atoms with Gasteiger partial charge in [0.15, 0.2) is 40.3 Å². The number of nitrogens with zero attached hydrogens (tertiary/aromatic N) is 1.